The second kappa shape index (κ2) is 16.1. The van der Waals surface area contributed by atoms with Gasteiger partial charge in [-0.2, -0.15) is 13.2 Å². The van der Waals surface area contributed by atoms with Gasteiger partial charge in [0.15, 0.2) is 11.4 Å². The van der Waals surface area contributed by atoms with E-state index in [1.807, 2.05) is 38.1 Å². The smallest absolute Gasteiger partial charge is 0.421 e. The van der Waals surface area contributed by atoms with Gasteiger partial charge in [0.25, 0.3) is 12.4 Å². The molecule has 5 aromatic carbocycles. The van der Waals surface area contributed by atoms with Crippen molar-refractivity contribution in [2.45, 2.75) is 58.2 Å². The van der Waals surface area contributed by atoms with Crippen LogP contribution in [0.4, 0.5) is 18.9 Å². The molecule has 0 aliphatic heterocycles. The number of aliphatic hydroxyl groups is 1. The van der Waals surface area contributed by atoms with Crippen molar-refractivity contribution in [2.24, 2.45) is 0 Å². The lowest BCUT2D eigenvalue weighted by Crippen LogP contribution is -2.40. The highest BCUT2D eigenvalue weighted by Crippen LogP contribution is 2.41. The van der Waals surface area contributed by atoms with Crippen molar-refractivity contribution in [3.63, 3.8) is 0 Å². The molecular formula is C43H38F3NO9. The minimum atomic E-state index is -4.99. The zero-order chi connectivity index (χ0) is 41.0. The number of aromatic carboxylic acids is 1. The van der Waals surface area contributed by atoms with Gasteiger partial charge >= 0.3 is 12.1 Å². The van der Waals surface area contributed by atoms with E-state index in [0.29, 0.717) is 24.2 Å². The first-order chi connectivity index (χ1) is 26.3. The van der Waals surface area contributed by atoms with E-state index in [-0.39, 0.29) is 58.1 Å². The summed E-state index contributed by atoms with van der Waals surface area (Å²) in [5.74, 6) is -1.06. The minimum absolute atomic E-state index is 0.0738. The maximum atomic E-state index is 13.7. The van der Waals surface area contributed by atoms with E-state index in [0.717, 1.165) is 17.2 Å². The first kappa shape index (κ1) is 40.7. The number of ether oxygens (including phenoxy) is 3. The average Bonchev–Trinajstić information content (AvgIpc) is 3.15. The quantitative estimate of drug-likeness (QED) is 0.0742. The third-order valence-electron chi connectivity index (χ3n) is 9.42. The highest BCUT2D eigenvalue weighted by Gasteiger charge is 2.52. The summed E-state index contributed by atoms with van der Waals surface area (Å²) >= 11 is 0. The number of hydrogen-bond donors (Lipinski definition) is 3. The summed E-state index contributed by atoms with van der Waals surface area (Å²) in [6.45, 7) is 7.92. The van der Waals surface area contributed by atoms with E-state index in [1.165, 1.54) is 49.4 Å². The Morgan fingerprint density at radius 3 is 1.71 bits per heavy atom. The average molecular weight is 770 g/mol. The number of halogens is 3. The molecule has 1 amide bonds. The number of carboxylic acid groups (broad SMARTS) is 1. The molecule has 0 spiro atoms. The first-order valence-corrected chi connectivity index (χ1v) is 17.3. The Kier molecular flexibility index (Phi) is 11.7. The number of rotatable bonds is 14. The Bertz CT molecular complexity index is 2280. The van der Waals surface area contributed by atoms with Crippen LogP contribution in [0.3, 0.4) is 0 Å². The number of hydrogen-bond acceptors (Lipinski definition) is 8. The van der Waals surface area contributed by atoms with Gasteiger partial charge in [0.1, 0.15) is 28.7 Å². The summed E-state index contributed by atoms with van der Waals surface area (Å²) < 4.78 is 57.9. The van der Waals surface area contributed by atoms with Gasteiger partial charge in [0.05, 0.1) is 16.7 Å². The zero-order valence-electron chi connectivity index (χ0n) is 31.0. The van der Waals surface area contributed by atoms with Crippen molar-refractivity contribution in [3.05, 3.63) is 142 Å². The predicted molar refractivity (Wildman–Crippen MR) is 201 cm³/mol. The molecule has 0 saturated heterocycles. The third kappa shape index (κ3) is 8.74. The molecule has 0 saturated carbocycles. The highest BCUT2D eigenvalue weighted by molar-refractivity contribution is 6.11. The number of alkyl halides is 3. The van der Waals surface area contributed by atoms with Gasteiger partial charge in [-0.05, 0) is 115 Å². The number of aryl methyl sites for hydroxylation is 1. The molecule has 10 nitrogen and oxygen atoms in total. The van der Waals surface area contributed by atoms with Crippen molar-refractivity contribution in [2.75, 3.05) is 5.32 Å². The second-order valence-corrected chi connectivity index (χ2v) is 13.6. The van der Waals surface area contributed by atoms with Crippen LogP contribution in [0.2, 0.25) is 0 Å². The van der Waals surface area contributed by atoms with Crippen LogP contribution in [0.15, 0.2) is 103 Å². The molecule has 0 bridgehead atoms. The van der Waals surface area contributed by atoms with E-state index in [2.05, 4.69) is 5.32 Å². The largest absolute Gasteiger partial charge is 0.478 e. The Hall–Kier alpha value is -6.47. The van der Waals surface area contributed by atoms with Crippen LogP contribution in [0.25, 0.3) is 0 Å². The molecule has 290 valence electrons. The van der Waals surface area contributed by atoms with E-state index in [4.69, 9.17) is 14.2 Å². The Morgan fingerprint density at radius 2 is 1.23 bits per heavy atom. The molecule has 1 unspecified atom stereocenters. The van der Waals surface area contributed by atoms with E-state index in [1.54, 1.807) is 37.3 Å². The molecule has 0 radical (unpaired) electrons. The van der Waals surface area contributed by atoms with E-state index < -0.39 is 34.6 Å². The van der Waals surface area contributed by atoms with Gasteiger partial charge in [0, 0.05) is 11.1 Å². The lowest BCUT2D eigenvalue weighted by molar-refractivity contribution is -0.259. The van der Waals surface area contributed by atoms with Gasteiger partial charge in [-0.15, -0.1) is 0 Å². The lowest BCUT2D eigenvalue weighted by Gasteiger charge is -2.29. The predicted octanol–water partition coefficient (Wildman–Crippen LogP) is 9.62. The Labute approximate surface area is 320 Å². The molecule has 0 aliphatic carbocycles. The molecule has 0 aromatic heterocycles. The minimum Gasteiger partial charge on any atom is -0.478 e. The standard InChI is InChI=1S/C43H38F3NO9/c1-6-26-7-12-29(21-37(26)42(5,53)43(44,45)46)47-39(50)36-23-32(17-19-34(36)40(51)52)55-30-13-8-27(9-14-30)41(3,4)28-10-15-31(16-11-28)56-33-18-20-38(54-24-48)35(22-33)25(2)49/h7-24,53H,6H2,1-5H3,(H,47,50)(H,51,52). The van der Waals surface area contributed by atoms with Gasteiger partial charge in [0.2, 0.25) is 0 Å². The molecule has 13 heteroatoms. The zero-order valence-corrected chi connectivity index (χ0v) is 31.0. The monoisotopic (exact) mass is 769 g/mol. The van der Waals surface area contributed by atoms with Crippen LogP contribution in [-0.4, -0.2) is 40.5 Å². The summed E-state index contributed by atoms with van der Waals surface area (Å²) in [6.07, 6.45) is -4.81. The topological polar surface area (TPSA) is 148 Å². The second-order valence-electron chi connectivity index (χ2n) is 13.6. The third-order valence-corrected chi connectivity index (χ3v) is 9.42. The molecule has 1 atom stereocenters. The Balaban J connectivity index is 1.31. The van der Waals surface area contributed by atoms with Crippen molar-refractivity contribution < 1.29 is 56.8 Å². The maximum absolute atomic E-state index is 13.7. The number of carboxylic acids is 1. The summed E-state index contributed by atoms with van der Waals surface area (Å²) in [7, 11) is 0. The van der Waals surface area contributed by atoms with Crippen LogP contribution in [-0.2, 0) is 22.2 Å². The fourth-order valence-corrected chi connectivity index (χ4v) is 6.05. The molecule has 0 aliphatic rings. The van der Waals surface area contributed by atoms with Crippen molar-refractivity contribution >= 4 is 29.8 Å². The lowest BCUT2D eigenvalue weighted by atomic mass is 9.78. The molecule has 0 fully saturated rings. The number of amides is 1. The van der Waals surface area contributed by atoms with Crippen LogP contribution >= 0.6 is 0 Å². The van der Waals surface area contributed by atoms with Crippen LogP contribution in [0.5, 0.6) is 28.7 Å². The summed E-state index contributed by atoms with van der Waals surface area (Å²) in [5, 5.41) is 22.6. The first-order valence-electron chi connectivity index (χ1n) is 17.3. The highest BCUT2D eigenvalue weighted by atomic mass is 19.4. The fraction of sp³-hybridized carbons (Fsp3) is 0.209. The van der Waals surface area contributed by atoms with Gasteiger partial charge in [-0.25, -0.2) is 4.79 Å². The van der Waals surface area contributed by atoms with Crippen molar-refractivity contribution in [1.82, 2.24) is 0 Å². The van der Waals surface area contributed by atoms with E-state index >= 15 is 0 Å². The number of nitrogens with one attached hydrogen (secondary N) is 1. The fourth-order valence-electron chi connectivity index (χ4n) is 6.05. The summed E-state index contributed by atoms with van der Waals surface area (Å²) in [5.41, 5.74) is -2.54. The molecule has 3 N–H and O–H groups in total. The number of Topliss-reactive ketones (excluding diaryl/α,β-unsaturated/α-hetero) is 1. The van der Waals surface area contributed by atoms with Gasteiger partial charge in [-0.3, -0.25) is 14.4 Å². The number of anilines is 1. The molecule has 5 aromatic rings. The molecule has 5 rings (SSSR count). The van der Waals surface area contributed by atoms with Gasteiger partial charge < -0.3 is 29.7 Å². The SMILES string of the molecule is CCc1ccc(NC(=O)c2cc(Oc3ccc(C(C)(C)c4ccc(Oc5ccc(OC=O)c(C(C)=O)c5)cc4)cc3)ccc2C(=O)O)cc1C(C)(O)C(F)(F)F. The Morgan fingerprint density at radius 1 is 0.714 bits per heavy atom. The van der Waals surface area contributed by atoms with E-state index in [9.17, 15) is 42.6 Å². The van der Waals surface area contributed by atoms with Crippen molar-refractivity contribution in [3.8, 4) is 28.7 Å². The normalized spacial score (nSPS) is 12.6. The molecule has 56 heavy (non-hydrogen) atoms. The number of carbonyl (C=O) groups excluding carboxylic acids is 3. The van der Waals surface area contributed by atoms with Gasteiger partial charge in [-0.1, -0.05) is 51.1 Å². The van der Waals surface area contributed by atoms with Crippen LogP contribution in [0.1, 0.15) is 87.9 Å². The number of carbonyl (C=O) groups is 4. The summed E-state index contributed by atoms with van der Waals surface area (Å²) in [6, 6.07) is 26.7. The summed E-state index contributed by atoms with van der Waals surface area (Å²) in [4.78, 5) is 48.2. The van der Waals surface area contributed by atoms with Crippen molar-refractivity contribution in [1.29, 1.82) is 0 Å². The number of ketones is 1. The van der Waals surface area contributed by atoms with Crippen LogP contribution < -0.4 is 19.5 Å². The molecule has 0 heterocycles. The van der Waals surface area contributed by atoms with Crippen LogP contribution in [0, 0.1) is 0 Å². The maximum Gasteiger partial charge on any atom is 0.421 e. The number of benzene rings is 5. The molecular weight excluding hydrogens is 731 g/mol.